The number of carbonyl (C=O) groups is 4. The molecule has 0 radical (unpaired) electrons. The molecule has 0 saturated carbocycles. The summed E-state index contributed by atoms with van der Waals surface area (Å²) in [6, 6.07) is -1.20. The molecule has 0 spiro atoms. The number of aliphatic carboxylic acids is 1. The van der Waals surface area contributed by atoms with Gasteiger partial charge in [-0.1, -0.05) is 6.92 Å². The summed E-state index contributed by atoms with van der Waals surface area (Å²) >= 11 is 1.48. The van der Waals surface area contributed by atoms with Gasteiger partial charge in [-0.15, -0.1) is 11.8 Å². The molecule has 0 aromatic rings. The highest BCUT2D eigenvalue weighted by atomic mass is 32.2. The van der Waals surface area contributed by atoms with Crippen LogP contribution in [0.4, 0.5) is 4.39 Å². The zero-order valence-electron chi connectivity index (χ0n) is 20.7. The van der Waals surface area contributed by atoms with Gasteiger partial charge in [-0.05, 0) is 20.4 Å². The fraction of sp³-hybridized carbons (Fsp3) is 0.739. The van der Waals surface area contributed by atoms with Crippen molar-refractivity contribution in [3.8, 4) is 0 Å². The molecule has 11 nitrogen and oxygen atoms in total. The van der Waals surface area contributed by atoms with Gasteiger partial charge in [0, 0.05) is 54.2 Å². The number of nitrogens with zero attached hydrogens (tertiary/aromatic N) is 1. The molecule has 4 aliphatic rings. The summed E-state index contributed by atoms with van der Waals surface area (Å²) in [5, 5.41) is 24.7. The maximum atomic E-state index is 13.3. The van der Waals surface area contributed by atoms with Gasteiger partial charge in [0.25, 0.3) is 0 Å². The fourth-order valence-corrected chi connectivity index (χ4v) is 7.22. The minimum atomic E-state index is -1.13. The van der Waals surface area contributed by atoms with Crippen molar-refractivity contribution in [3.63, 3.8) is 0 Å². The molecule has 0 bridgehead atoms. The van der Waals surface area contributed by atoms with E-state index in [1.807, 2.05) is 6.92 Å². The summed E-state index contributed by atoms with van der Waals surface area (Å²) in [6.45, 7) is 5.09. The van der Waals surface area contributed by atoms with Gasteiger partial charge in [0.2, 0.25) is 17.7 Å². The van der Waals surface area contributed by atoms with Crippen LogP contribution >= 0.6 is 11.8 Å². The average molecular weight is 527 g/mol. The number of likely N-dealkylation sites (N-methyl/N-ethyl adjacent to an activating group) is 1. The highest BCUT2D eigenvalue weighted by Crippen LogP contribution is 2.51. The fourth-order valence-electron chi connectivity index (χ4n) is 5.70. The van der Waals surface area contributed by atoms with Crippen molar-refractivity contribution < 1.29 is 28.7 Å². The van der Waals surface area contributed by atoms with Crippen LogP contribution in [0.5, 0.6) is 0 Å². The molecular weight excluding hydrogens is 491 g/mol. The van der Waals surface area contributed by atoms with E-state index in [2.05, 4.69) is 26.6 Å². The van der Waals surface area contributed by atoms with E-state index in [0.717, 1.165) is 6.42 Å². The lowest BCUT2D eigenvalue weighted by molar-refractivity contribution is -0.158. The van der Waals surface area contributed by atoms with Crippen molar-refractivity contribution >= 4 is 35.5 Å². The summed E-state index contributed by atoms with van der Waals surface area (Å²) in [6.07, 6.45) is -0.0979. The lowest BCUT2D eigenvalue weighted by Crippen LogP contribution is -2.66. The molecule has 1 unspecified atom stereocenters. The molecule has 0 aromatic heterocycles. The number of amides is 3. The molecule has 3 amide bonds. The van der Waals surface area contributed by atoms with Crippen LogP contribution in [0, 0.1) is 11.8 Å². The second-order valence-corrected chi connectivity index (χ2v) is 11.4. The highest BCUT2D eigenvalue weighted by Gasteiger charge is 2.60. The Morgan fingerprint density at radius 1 is 1.25 bits per heavy atom. The molecule has 6 N–H and O–H groups in total. The molecule has 13 heteroatoms. The molecule has 200 valence electrons. The second-order valence-electron chi connectivity index (χ2n) is 10.0. The molecule has 3 fully saturated rings. The van der Waals surface area contributed by atoms with Gasteiger partial charge in [-0.25, -0.2) is 9.18 Å². The number of carboxylic acid groups (broad SMARTS) is 1. The van der Waals surface area contributed by atoms with E-state index in [1.165, 1.54) is 16.7 Å². The van der Waals surface area contributed by atoms with E-state index in [4.69, 9.17) is 0 Å². The number of fused-ring (bicyclic) bond motifs is 1. The number of thioether (sulfide) groups is 1. The normalized spacial score (nSPS) is 34.4. The van der Waals surface area contributed by atoms with Gasteiger partial charge >= 0.3 is 5.97 Å². The number of carbonyl (C=O) groups excluding carboxylic acids is 3. The van der Waals surface area contributed by atoms with Crippen LogP contribution in [0.2, 0.25) is 0 Å². The van der Waals surface area contributed by atoms with E-state index in [0.29, 0.717) is 18.0 Å². The number of alkyl halides is 1. The summed E-state index contributed by atoms with van der Waals surface area (Å²) in [5.41, 5.74) is 0.0392. The summed E-state index contributed by atoms with van der Waals surface area (Å²) < 4.78 is 13.3. The zero-order valence-corrected chi connectivity index (χ0v) is 21.5. The standard InChI is InChI=1S/C23H35FN6O5S/c1-10-18-17(11(2)29-16(31)9-25-3)22(33)30(18)19(23(34)35)20(10)36-14-5-13(26-8-14)7-28-21(32)15-4-12(24)6-27-15/h10-15,17-18,25-27H,4-9H2,1-3H3,(H,28,32)(H,29,31)(H,34,35)/t10-,11-,12?,13+,14+,15+,17-,18-/m1/s1. The van der Waals surface area contributed by atoms with Crippen LogP contribution in [-0.2, 0) is 19.2 Å². The Bertz CT molecular complexity index is 950. The lowest BCUT2D eigenvalue weighted by Gasteiger charge is -2.47. The number of nitrogens with one attached hydrogen (secondary N) is 5. The topological polar surface area (TPSA) is 152 Å². The first-order valence-corrected chi connectivity index (χ1v) is 13.3. The quantitative estimate of drug-likeness (QED) is 0.192. The molecule has 4 heterocycles. The van der Waals surface area contributed by atoms with Crippen molar-refractivity contribution in [3.05, 3.63) is 10.6 Å². The Morgan fingerprint density at radius 3 is 2.64 bits per heavy atom. The van der Waals surface area contributed by atoms with Gasteiger partial charge in [-0.2, -0.15) is 0 Å². The molecule has 36 heavy (non-hydrogen) atoms. The summed E-state index contributed by atoms with van der Waals surface area (Å²) in [7, 11) is 1.66. The van der Waals surface area contributed by atoms with Crippen molar-refractivity contribution in [2.45, 2.75) is 62.3 Å². The Morgan fingerprint density at radius 2 is 2.00 bits per heavy atom. The summed E-state index contributed by atoms with van der Waals surface area (Å²) in [5.74, 6) is -2.49. The largest absolute Gasteiger partial charge is 0.477 e. The second kappa shape index (κ2) is 11.0. The van der Waals surface area contributed by atoms with Crippen LogP contribution in [0.25, 0.3) is 0 Å². The first-order chi connectivity index (χ1) is 17.1. The van der Waals surface area contributed by atoms with Crippen molar-refractivity contribution in [1.29, 1.82) is 0 Å². The highest BCUT2D eigenvalue weighted by molar-refractivity contribution is 8.03. The predicted octanol–water partition coefficient (Wildman–Crippen LogP) is -1.24. The van der Waals surface area contributed by atoms with Gasteiger partial charge < -0.3 is 36.6 Å². The number of carboxylic acids is 1. The van der Waals surface area contributed by atoms with Crippen molar-refractivity contribution in [1.82, 2.24) is 31.5 Å². The molecule has 0 aliphatic carbocycles. The Hall–Kier alpha value is -2.22. The van der Waals surface area contributed by atoms with E-state index in [1.54, 1.807) is 14.0 Å². The van der Waals surface area contributed by atoms with Crippen molar-refractivity contribution in [2.75, 3.05) is 33.2 Å². The SMILES string of the molecule is CNCC(=O)N[C@H](C)[C@H]1C(=O)N2C(C(=O)O)=C(S[C@@H]3CN[C@H](CNC(=O)[C@@H]4CC(F)CN4)C3)[C@H](C)[C@H]12. The van der Waals surface area contributed by atoms with Gasteiger partial charge in [0.15, 0.2) is 0 Å². The zero-order chi connectivity index (χ0) is 26.1. The molecule has 4 aliphatic heterocycles. The van der Waals surface area contributed by atoms with E-state index in [-0.39, 0.29) is 66.2 Å². The van der Waals surface area contributed by atoms with Crippen LogP contribution in [0.1, 0.15) is 26.7 Å². The number of halogens is 1. The maximum Gasteiger partial charge on any atom is 0.353 e. The Kier molecular flexibility index (Phi) is 8.22. The third-order valence-corrected chi connectivity index (χ3v) is 8.96. The number of hydrogen-bond donors (Lipinski definition) is 6. The number of rotatable bonds is 10. The van der Waals surface area contributed by atoms with Crippen molar-refractivity contribution in [2.24, 2.45) is 11.8 Å². The Labute approximate surface area is 213 Å². The lowest BCUT2D eigenvalue weighted by atomic mass is 9.78. The Balaban J connectivity index is 1.35. The van der Waals surface area contributed by atoms with E-state index < -0.39 is 30.1 Å². The average Bonchev–Trinajstić information content (AvgIpc) is 3.50. The first-order valence-electron chi connectivity index (χ1n) is 12.4. The molecule has 8 atom stereocenters. The number of hydrogen-bond acceptors (Lipinski definition) is 8. The minimum Gasteiger partial charge on any atom is -0.477 e. The molecular formula is C23H35FN6O5S. The van der Waals surface area contributed by atoms with E-state index in [9.17, 15) is 28.7 Å². The monoisotopic (exact) mass is 526 g/mol. The smallest absolute Gasteiger partial charge is 0.353 e. The van der Waals surface area contributed by atoms with Crippen LogP contribution < -0.4 is 26.6 Å². The van der Waals surface area contributed by atoms with Crippen LogP contribution in [0.3, 0.4) is 0 Å². The van der Waals surface area contributed by atoms with Gasteiger partial charge in [0.1, 0.15) is 11.9 Å². The predicted molar refractivity (Wildman–Crippen MR) is 132 cm³/mol. The third-order valence-electron chi connectivity index (χ3n) is 7.45. The third kappa shape index (κ3) is 5.24. The van der Waals surface area contributed by atoms with E-state index >= 15 is 0 Å². The summed E-state index contributed by atoms with van der Waals surface area (Å²) in [4.78, 5) is 51.4. The minimum absolute atomic E-state index is 0.0217. The number of β-lactam (4-membered cyclic amide) rings is 1. The van der Waals surface area contributed by atoms with Gasteiger partial charge in [-0.3, -0.25) is 14.4 Å². The van der Waals surface area contributed by atoms with Gasteiger partial charge in [0.05, 0.1) is 24.5 Å². The van der Waals surface area contributed by atoms with Crippen LogP contribution in [0.15, 0.2) is 10.6 Å². The molecule has 4 rings (SSSR count). The van der Waals surface area contributed by atoms with Crippen LogP contribution in [-0.4, -0.2) is 103 Å². The maximum absolute atomic E-state index is 13.3. The first kappa shape index (κ1) is 26.8. The molecule has 0 aromatic carbocycles. The molecule has 3 saturated heterocycles.